The molecule has 0 spiro atoms. The Morgan fingerprint density at radius 1 is 1.20 bits per heavy atom. The van der Waals surface area contributed by atoms with Crippen LogP contribution < -0.4 is 5.48 Å². The monoisotopic (exact) mass is 145 g/mol. The summed E-state index contributed by atoms with van der Waals surface area (Å²) in [5, 5.41) is 0. The van der Waals surface area contributed by atoms with Crippen molar-refractivity contribution in [3.05, 3.63) is 0 Å². The molecule has 0 fully saturated rings. The lowest BCUT2D eigenvalue weighted by Gasteiger charge is -2.12. The fraction of sp³-hybridized carbons (Fsp3) is 1.00. The SMILES string of the molecule is CONC(C)CCC(C)C. The van der Waals surface area contributed by atoms with E-state index in [1.807, 2.05) is 0 Å². The van der Waals surface area contributed by atoms with Crippen LogP contribution in [0.2, 0.25) is 0 Å². The molecule has 1 atom stereocenters. The largest absolute Gasteiger partial charge is 0.305 e. The van der Waals surface area contributed by atoms with E-state index in [2.05, 4.69) is 26.3 Å². The molecule has 0 aliphatic heterocycles. The second-order valence-electron chi connectivity index (χ2n) is 3.19. The standard InChI is InChI=1S/C8H19NO/c1-7(2)5-6-8(3)9-10-4/h7-9H,5-6H2,1-4H3. The van der Waals surface area contributed by atoms with Crippen molar-refractivity contribution in [1.82, 2.24) is 5.48 Å². The van der Waals surface area contributed by atoms with Gasteiger partial charge in [0.15, 0.2) is 0 Å². The maximum Gasteiger partial charge on any atom is 0.0572 e. The molecule has 0 amide bonds. The number of rotatable bonds is 5. The van der Waals surface area contributed by atoms with E-state index in [1.165, 1.54) is 12.8 Å². The van der Waals surface area contributed by atoms with Crippen molar-refractivity contribution in [3.8, 4) is 0 Å². The lowest BCUT2D eigenvalue weighted by atomic mass is 10.1. The third-order valence-corrected chi connectivity index (χ3v) is 1.50. The molecule has 0 aromatic rings. The van der Waals surface area contributed by atoms with Crippen molar-refractivity contribution in [3.63, 3.8) is 0 Å². The van der Waals surface area contributed by atoms with Gasteiger partial charge in [0, 0.05) is 6.04 Å². The van der Waals surface area contributed by atoms with Crippen LogP contribution in [0.3, 0.4) is 0 Å². The summed E-state index contributed by atoms with van der Waals surface area (Å²) in [7, 11) is 1.66. The summed E-state index contributed by atoms with van der Waals surface area (Å²) in [6, 6.07) is 0.479. The van der Waals surface area contributed by atoms with Crippen LogP contribution in [0.25, 0.3) is 0 Å². The summed E-state index contributed by atoms with van der Waals surface area (Å²) in [6.45, 7) is 6.60. The summed E-state index contributed by atoms with van der Waals surface area (Å²) >= 11 is 0. The van der Waals surface area contributed by atoms with Gasteiger partial charge in [-0.2, -0.15) is 0 Å². The van der Waals surface area contributed by atoms with Crippen molar-refractivity contribution in [2.75, 3.05) is 7.11 Å². The Kier molecular flexibility index (Phi) is 5.64. The van der Waals surface area contributed by atoms with Crippen molar-refractivity contribution >= 4 is 0 Å². The molecule has 0 aliphatic carbocycles. The van der Waals surface area contributed by atoms with Gasteiger partial charge in [0.1, 0.15) is 0 Å². The second-order valence-corrected chi connectivity index (χ2v) is 3.19. The number of hydroxylamine groups is 1. The molecule has 2 heteroatoms. The molecule has 0 saturated carbocycles. The summed E-state index contributed by atoms with van der Waals surface area (Å²) in [5.74, 6) is 0.793. The van der Waals surface area contributed by atoms with E-state index in [-0.39, 0.29) is 0 Å². The molecule has 0 rings (SSSR count). The van der Waals surface area contributed by atoms with Crippen LogP contribution in [0.4, 0.5) is 0 Å². The first-order chi connectivity index (χ1) is 4.66. The van der Waals surface area contributed by atoms with Gasteiger partial charge < -0.3 is 4.84 Å². The average molecular weight is 145 g/mol. The van der Waals surface area contributed by atoms with E-state index < -0.39 is 0 Å². The fourth-order valence-corrected chi connectivity index (χ4v) is 0.843. The highest BCUT2D eigenvalue weighted by Gasteiger charge is 2.01. The van der Waals surface area contributed by atoms with E-state index in [0.717, 1.165) is 5.92 Å². The van der Waals surface area contributed by atoms with E-state index >= 15 is 0 Å². The number of nitrogens with one attached hydrogen (secondary N) is 1. The molecule has 10 heavy (non-hydrogen) atoms. The van der Waals surface area contributed by atoms with Crippen LogP contribution in [0.15, 0.2) is 0 Å². The smallest absolute Gasteiger partial charge is 0.0572 e. The Bertz CT molecular complexity index is 73.7. The Labute approximate surface area is 63.9 Å². The van der Waals surface area contributed by atoms with Crippen molar-refractivity contribution in [2.45, 2.75) is 39.7 Å². The van der Waals surface area contributed by atoms with Crippen LogP contribution in [0, 0.1) is 5.92 Å². The molecular weight excluding hydrogens is 126 g/mol. The zero-order chi connectivity index (χ0) is 7.98. The summed E-state index contributed by atoms with van der Waals surface area (Å²) in [5.41, 5.74) is 2.90. The Balaban J connectivity index is 3.12. The fourth-order valence-electron chi connectivity index (χ4n) is 0.843. The molecule has 1 unspecified atom stereocenters. The van der Waals surface area contributed by atoms with Gasteiger partial charge >= 0.3 is 0 Å². The highest BCUT2D eigenvalue weighted by molar-refractivity contribution is 4.55. The topological polar surface area (TPSA) is 21.3 Å². The first-order valence-electron chi connectivity index (χ1n) is 3.95. The predicted molar refractivity (Wildman–Crippen MR) is 43.7 cm³/mol. The van der Waals surface area contributed by atoms with Crippen LogP contribution in [0.5, 0.6) is 0 Å². The third kappa shape index (κ3) is 6.05. The minimum Gasteiger partial charge on any atom is -0.305 e. The minimum absolute atomic E-state index is 0.479. The molecule has 0 heterocycles. The van der Waals surface area contributed by atoms with Gasteiger partial charge in [0.05, 0.1) is 7.11 Å². The minimum atomic E-state index is 0.479. The molecule has 0 saturated heterocycles. The highest BCUT2D eigenvalue weighted by atomic mass is 16.6. The molecule has 0 radical (unpaired) electrons. The third-order valence-electron chi connectivity index (χ3n) is 1.50. The van der Waals surface area contributed by atoms with Crippen molar-refractivity contribution in [2.24, 2.45) is 5.92 Å². The Hall–Kier alpha value is -0.0800. The lowest BCUT2D eigenvalue weighted by molar-refractivity contribution is 0.0620. The maximum atomic E-state index is 4.79. The second kappa shape index (κ2) is 5.69. The Morgan fingerprint density at radius 2 is 1.80 bits per heavy atom. The van der Waals surface area contributed by atoms with Crippen LogP contribution >= 0.6 is 0 Å². The van der Waals surface area contributed by atoms with Crippen molar-refractivity contribution < 1.29 is 4.84 Å². The van der Waals surface area contributed by atoms with Crippen molar-refractivity contribution in [1.29, 1.82) is 0 Å². The van der Waals surface area contributed by atoms with Gasteiger partial charge in [-0.25, -0.2) is 5.48 Å². The molecule has 1 N–H and O–H groups in total. The highest BCUT2D eigenvalue weighted by Crippen LogP contribution is 2.05. The number of hydrogen-bond acceptors (Lipinski definition) is 2. The van der Waals surface area contributed by atoms with Gasteiger partial charge in [-0.05, 0) is 25.7 Å². The van der Waals surface area contributed by atoms with E-state index in [4.69, 9.17) is 4.84 Å². The van der Waals surface area contributed by atoms with Crippen LogP contribution in [0.1, 0.15) is 33.6 Å². The molecule has 0 aromatic carbocycles. The summed E-state index contributed by atoms with van der Waals surface area (Å²) in [6.07, 6.45) is 2.45. The first-order valence-corrected chi connectivity index (χ1v) is 3.95. The number of hydrogen-bond donors (Lipinski definition) is 1. The lowest BCUT2D eigenvalue weighted by Crippen LogP contribution is -2.24. The van der Waals surface area contributed by atoms with Gasteiger partial charge in [0.25, 0.3) is 0 Å². The summed E-state index contributed by atoms with van der Waals surface area (Å²) in [4.78, 5) is 4.79. The quantitative estimate of drug-likeness (QED) is 0.597. The maximum absolute atomic E-state index is 4.79. The van der Waals surface area contributed by atoms with Gasteiger partial charge in [-0.3, -0.25) is 0 Å². The molecule has 2 nitrogen and oxygen atoms in total. The van der Waals surface area contributed by atoms with E-state index in [9.17, 15) is 0 Å². The molecule has 0 bridgehead atoms. The van der Waals surface area contributed by atoms with Crippen LogP contribution in [-0.2, 0) is 4.84 Å². The van der Waals surface area contributed by atoms with Gasteiger partial charge in [-0.15, -0.1) is 0 Å². The summed E-state index contributed by atoms with van der Waals surface area (Å²) < 4.78 is 0. The van der Waals surface area contributed by atoms with Crippen LogP contribution in [-0.4, -0.2) is 13.2 Å². The van der Waals surface area contributed by atoms with E-state index in [1.54, 1.807) is 7.11 Å². The molecular formula is C8H19NO. The first kappa shape index (κ1) is 9.92. The van der Waals surface area contributed by atoms with Gasteiger partial charge in [-0.1, -0.05) is 13.8 Å². The molecule has 62 valence electrons. The zero-order valence-electron chi connectivity index (χ0n) is 7.48. The Morgan fingerprint density at radius 3 is 2.20 bits per heavy atom. The molecule has 0 aromatic heterocycles. The normalized spacial score (nSPS) is 14.1. The van der Waals surface area contributed by atoms with E-state index in [0.29, 0.717) is 6.04 Å². The molecule has 0 aliphatic rings. The predicted octanol–water partition coefficient (Wildman–Crippen LogP) is 1.96. The zero-order valence-corrected chi connectivity index (χ0v) is 7.48. The average Bonchev–Trinajstić information content (AvgIpc) is 1.85. The van der Waals surface area contributed by atoms with Gasteiger partial charge in [0.2, 0.25) is 0 Å².